The van der Waals surface area contributed by atoms with E-state index in [4.69, 9.17) is 8.83 Å². The molecular formula is C19H24N4O4. The van der Waals surface area contributed by atoms with E-state index in [0.717, 1.165) is 32.1 Å². The summed E-state index contributed by atoms with van der Waals surface area (Å²) in [6.07, 6.45) is 11.3. The average molecular weight is 372 g/mol. The van der Waals surface area contributed by atoms with Crippen molar-refractivity contribution in [3.8, 4) is 0 Å². The number of nitrogens with one attached hydrogen (secondary N) is 2. The van der Waals surface area contributed by atoms with Gasteiger partial charge in [-0.2, -0.15) is 10.2 Å². The SMILES string of the molecule is O=C(CCCCCCCC(=O)N/N=C/c1ccco1)N/N=C/c1ccco1. The van der Waals surface area contributed by atoms with E-state index in [1.165, 1.54) is 12.4 Å². The van der Waals surface area contributed by atoms with Gasteiger partial charge in [-0.05, 0) is 37.1 Å². The summed E-state index contributed by atoms with van der Waals surface area (Å²) in [6, 6.07) is 7.00. The summed E-state index contributed by atoms with van der Waals surface area (Å²) in [5.74, 6) is 0.940. The smallest absolute Gasteiger partial charge is 0.240 e. The van der Waals surface area contributed by atoms with Crippen molar-refractivity contribution in [2.75, 3.05) is 0 Å². The number of rotatable bonds is 12. The van der Waals surface area contributed by atoms with Crippen LogP contribution in [0.2, 0.25) is 0 Å². The fraction of sp³-hybridized carbons (Fsp3) is 0.368. The van der Waals surface area contributed by atoms with Crippen molar-refractivity contribution in [2.24, 2.45) is 10.2 Å². The fourth-order valence-corrected chi connectivity index (χ4v) is 2.28. The van der Waals surface area contributed by atoms with Crippen molar-refractivity contribution in [1.82, 2.24) is 10.9 Å². The Labute approximate surface area is 157 Å². The van der Waals surface area contributed by atoms with Crippen LogP contribution in [0.1, 0.15) is 56.5 Å². The second-order valence-electron chi connectivity index (χ2n) is 5.88. The quantitative estimate of drug-likeness (QED) is 0.339. The molecule has 0 aliphatic rings. The van der Waals surface area contributed by atoms with E-state index >= 15 is 0 Å². The lowest BCUT2D eigenvalue weighted by atomic mass is 10.1. The maximum atomic E-state index is 11.6. The zero-order chi connectivity index (χ0) is 19.2. The predicted molar refractivity (Wildman–Crippen MR) is 101 cm³/mol. The van der Waals surface area contributed by atoms with Crippen LogP contribution in [-0.4, -0.2) is 24.2 Å². The summed E-state index contributed by atoms with van der Waals surface area (Å²) in [6.45, 7) is 0. The van der Waals surface area contributed by atoms with Crippen molar-refractivity contribution < 1.29 is 18.4 Å². The zero-order valence-electron chi connectivity index (χ0n) is 15.1. The molecule has 2 amide bonds. The number of furan rings is 2. The third-order valence-electron chi connectivity index (χ3n) is 3.66. The van der Waals surface area contributed by atoms with Crippen LogP contribution in [0.3, 0.4) is 0 Å². The lowest BCUT2D eigenvalue weighted by Crippen LogP contribution is -2.17. The van der Waals surface area contributed by atoms with Gasteiger partial charge in [-0.3, -0.25) is 9.59 Å². The highest BCUT2D eigenvalue weighted by molar-refractivity contribution is 5.80. The molecular weight excluding hydrogens is 348 g/mol. The number of unbranched alkanes of at least 4 members (excludes halogenated alkanes) is 4. The molecule has 27 heavy (non-hydrogen) atoms. The number of amides is 2. The van der Waals surface area contributed by atoms with Gasteiger partial charge in [0, 0.05) is 12.8 Å². The van der Waals surface area contributed by atoms with Crippen LogP contribution in [0.5, 0.6) is 0 Å². The molecule has 2 rings (SSSR count). The summed E-state index contributed by atoms with van der Waals surface area (Å²) in [7, 11) is 0. The summed E-state index contributed by atoms with van der Waals surface area (Å²) < 4.78 is 10.1. The molecule has 0 aliphatic heterocycles. The highest BCUT2D eigenvalue weighted by atomic mass is 16.3. The number of carbonyl (C=O) groups excluding carboxylic acids is 2. The highest BCUT2D eigenvalue weighted by Crippen LogP contribution is 2.07. The van der Waals surface area contributed by atoms with Gasteiger partial charge >= 0.3 is 0 Å². The first-order chi connectivity index (χ1) is 13.2. The molecule has 2 heterocycles. The van der Waals surface area contributed by atoms with E-state index in [-0.39, 0.29) is 11.8 Å². The van der Waals surface area contributed by atoms with Crippen LogP contribution >= 0.6 is 0 Å². The Hall–Kier alpha value is -3.16. The largest absolute Gasteiger partial charge is 0.463 e. The van der Waals surface area contributed by atoms with Crippen molar-refractivity contribution in [2.45, 2.75) is 44.9 Å². The van der Waals surface area contributed by atoms with Crippen LogP contribution in [0.15, 0.2) is 55.8 Å². The van der Waals surface area contributed by atoms with Gasteiger partial charge in [0.1, 0.15) is 11.5 Å². The van der Waals surface area contributed by atoms with E-state index in [1.54, 1.807) is 36.8 Å². The average Bonchev–Trinajstić information content (AvgIpc) is 3.35. The van der Waals surface area contributed by atoms with Gasteiger partial charge in [-0.15, -0.1) is 0 Å². The molecule has 0 aromatic carbocycles. The van der Waals surface area contributed by atoms with Gasteiger partial charge in [0.15, 0.2) is 0 Å². The summed E-state index contributed by atoms with van der Waals surface area (Å²) in [5, 5.41) is 7.64. The van der Waals surface area contributed by atoms with Crippen LogP contribution in [0.4, 0.5) is 0 Å². The van der Waals surface area contributed by atoms with Crippen molar-refractivity contribution in [1.29, 1.82) is 0 Å². The van der Waals surface area contributed by atoms with Crippen LogP contribution in [0, 0.1) is 0 Å². The summed E-state index contributed by atoms with van der Waals surface area (Å²) in [5.41, 5.74) is 4.93. The standard InChI is InChI=1S/C19H24N4O4/c24-18(22-20-14-16-8-6-12-26-16)10-4-2-1-3-5-11-19(25)23-21-15-17-9-7-13-27-17/h6-9,12-15H,1-5,10-11H2,(H,22,24)(H,23,25)/b20-14+,21-15+. The molecule has 2 aromatic rings. The second kappa shape index (κ2) is 12.2. The minimum Gasteiger partial charge on any atom is -0.463 e. The van der Waals surface area contributed by atoms with E-state index in [2.05, 4.69) is 21.1 Å². The number of carbonyl (C=O) groups is 2. The first-order valence-electron chi connectivity index (χ1n) is 8.95. The minimum absolute atomic E-state index is 0.119. The molecule has 0 unspecified atom stereocenters. The summed E-state index contributed by atoms with van der Waals surface area (Å²) in [4.78, 5) is 23.2. The first kappa shape index (κ1) is 20.2. The maximum absolute atomic E-state index is 11.6. The summed E-state index contributed by atoms with van der Waals surface area (Å²) >= 11 is 0. The Morgan fingerprint density at radius 2 is 1.22 bits per heavy atom. The van der Waals surface area contributed by atoms with Crippen molar-refractivity contribution in [3.63, 3.8) is 0 Å². The van der Waals surface area contributed by atoms with Gasteiger partial charge in [0.25, 0.3) is 0 Å². The van der Waals surface area contributed by atoms with Gasteiger partial charge in [0.05, 0.1) is 25.0 Å². The van der Waals surface area contributed by atoms with Crippen LogP contribution < -0.4 is 10.9 Å². The van der Waals surface area contributed by atoms with E-state index in [0.29, 0.717) is 24.4 Å². The van der Waals surface area contributed by atoms with E-state index in [1.807, 2.05) is 0 Å². The van der Waals surface area contributed by atoms with Crippen molar-refractivity contribution >= 4 is 24.2 Å². The molecule has 144 valence electrons. The maximum Gasteiger partial charge on any atom is 0.240 e. The fourth-order valence-electron chi connectivity index (χ4n) is 2.28. The molecule has 0 spiro atoms. The number of hydrogen-bond donors (Lipinski definition) is 2. The molecule has 0 radical (unpaired) electrons. The van der Waals surface area contributed by atoms with Gasteiger partial charge in [-0.1, -0.05) is 19.3 Å². The second-order valence-corrected chi connectivity index (χ2v) is 5.88. The Bertz CT molecular complexity index is 659. The van der Waals surface area contributed by atoms with Gasteiger partial charge in [0.2, 0.25) is 11.8 Å². The minimum atomic E-state index is -0.119. The molecule has 8 nitrogen and oxygen atoms in total. The number of nitrogens with zero attached hydrogens (tertiary/aromatic N) is 2. The Morgan fingerprint density at radius 3 is 1.63 bits per heavy atom. The molecule has 0 saturated carbocycles. The topological polar surface area (TPSA) is 109 Å². The first-order valence-corrected chi connectivity index (χ1v) is 8.95. The molecule has 0 atom stereocenters. The lowest BCUT2D eigenvalue weighted by Gasteiger charge is -2.02. The number of hydrogen-bond acceptors (Lipinski definition) is 6. The molecule has 2 N–H and O–H groups in total. The number of hydrazone groups is 2. The predicted octanol–water partition coefficient (Wildman–Crippen LogP) is 3.20. The molecule has 0 saturated heterocycles. The monoisotopic (exact) mass is 372 g/mol. The normalized spacial score (nSPS) is 11.3. The zero-order valence-corrected chi connectivity index (χ0v) is 15.1. The third kappa shape index (κ3) is 9.20. The van der Waals surface area contributed by atoms with E-state index < -0.39 is 0 Å². The highest BCUT2D eigenvalue weighted by Gasteiger charge is 2.02. The molecule has 0 aliphatic carbocycles. The molecule has 0 bridgehead atoms. The van der Waals surface area contributed by atoms with Gasteiger partial charge in [-0.25, -0.2) is 10.9 Å². The molecule has 2 aromatic heterocycles. The lowest BCUT2D eigenvalue weighted by molar-refractivity contribution is -0.121. The van der Waals surface area contributed by atoms with Crippen molar-refractivity contribution in [3.05, 3.63) is 48.3 Å². The van der Waals surface area contributed by atoms with Crippen LogP contribution in [0.25, 0.3) is 0 Å². The van der Waals surface area contributed by atoms with E-state index in [9.17, 15) is 9.59 Å². The molecule has 8 heteroatoms. The Kier molecular flexibility index (Phi) is 9.13. The molecule has 0 fully saturated rings. The Balaban J connectivity index is 1.41. The Morgan fingerprint density at radius 1 is 0.778 bits per heavy atom. The van der Waals surface area contributed by atoms with Gasteiger partial charge < -0.3 is 8.83 Å². The van der Waals surface area contributed by atoms with Crippen LogP contribution in [-0.2, 0) is 9.59 Å². The third-order valence-corrected chi connectivity index (χ3v) is 3.66.